The van der Waals surface area contributed by atoms with Crippen LogP contribution in [0, 0.1) is 11.3 Å². The zero-order valence-electron chi connectivity index (χ0n) is 13.7. The van der Waals surface area contributed by atoms with Crippen LogP contribution in [0.5, 0.6) is 0 Å². The topological polar surface area (TPSA) is 62.3 Å². The second-order valence-corrected chi connectivity index (χ2v) is 8.11. The molecule has 1 atom stereocenters. The van der Waals surface area contributed by atoms with E-state index in [1.54, 1.807) is 22.7 Å². The van der Waals surface area contributed by atoms with E-state index in [2.05, 4.69) is 41.6 Å². The fourth-order valence-corrected chi connectivity index (χ4v) is 4.92. The number of likely N-dealkylation sites (N-methyl/N-ethyl adjacent to an activating group) is 1. The Kier molecular flexibility index (Phi) is 4.22. The van der Waals surface area contributed by atoms with Gasteiger partial charge in [-0.1, -0.05) is 12.1 Å². The Morgan fingerprint density at radius 3 is 2.76 bits per heavy atom. The summed E-state index contributed by atoms with van der Waals surface area (Å²) in [6, 6.07) is 10.5. The highest BCUT2D eigenvalue weighted by Gasteiger charge is 2.37. The van der Waals surface area contributed by atoms with Gasteiger partial charge in [0, 0.05) is 34.0 Å². The standard InChI is InChI=1S/C19H17N3OS2/c1-22-10-12(8-13-4-2-6-24-13)18-15(11-22)17(16-5-3-7-25-16)14(9-20)19(21)23-18/h2-8,17H,10-11,21H2,1H3/b12-8+. The number of ether oxygens (including phenoxy) is 1. The summed E-state index contributed by atoms with van der Waals surface area (Å²) in [7, 11) is 2.09. The average Bonchev–Trinajstić information content (AvgIpc) is 3.28. The molecule has 1 unspecified atom stereocenters. The van der Waals surface area contributed by atoms with Crippen LogP contribution in [-0.4, -0.2) is 25.0 Å². The first-order valence-corrected chi connectivity index (χ1v) is 9.70. The number of nitriles is 1. The van der Waals surface area contributed by atoms with Crippen molar-refractivity contribution >= 4 is 28.7 Å². The fourth-order valence-electron chi connectivity index (χ4n) is 3.37. The van der Waals surface area contributed by atoms with Crippen LogP contribution >= 0.6 is 22.7 Å². The van der Waals surface area contributed by atoms with Crippen molar-refractivity contribution in [2.24, 2.45) is 5.73 Å². The third-order valence-electron chi connectivity index (χ3n) is 4.39. The van der Waals surface area contributed by atoms with Gasteiger partial charge in [0.05, 0.1) is 5.92 Å². The van der Waals surface area contributed by atoms with Gasteiger partial charge in [-0.3, -0.25) is 4.90 Å². The Balaban J connectivity index is 1.87. The van der Waals surface area contributed by atoms with Crippen molar-refractivity contribution in [3.05, 3.63) is 73.1 Å². The van der Waals surface area contributed by atoms with Crippen LogP contribution in [0.3, 0.4) is 0 Å². The summed E-state index contributed by atoms with van der Waals surface area (Å²) in [5.41, 5.74) is 8.86. The van der Waals surface area contributed by atoms with Gasteiger partial charge in [-0.2, -0.15) is 5.26 Å². The van der Waals surface area contributed by atoms with E-state index < -0.39 is 0 Å². The molecule has 4 heterocycles. The van der Waals surface area contributed by atoms with Gasteiger partial charge >= 0.3 is 0 Å². The maximum Gasteiger partial charge on any atom is 0.205 e. The monoisotopic (exact) mass is 367 g/mol. The number of nitrogens with two attached hydrogens (primary N) is 1. The second-order valence-electron chi connectivity index (χ2n) is 6.15. The highest BCUT2D eigenvalue weighted by Crippen LogP contribution is 2.44. The molecule has 2 aliphatic rings. The predicted molar refractivity (Wildman–Crippen MR) is 102 cm³/mol. The van der Waals surface area contributed by atoms with Crippen LogP contribution < -0.4 is 5.73 Å². The van der Waals surface area contributed by atoms with Gasteiger partial charge < -0.3 is 10.5 Å². The van der Waals surface area contributed by atoms with Crippen LogP contribution in [0.2, 0.25) is 0 Å². The van der Waals surface area contributed by atoms with Crippen LogP contribution in [0.15, 0.2) is 63.4 Å². The van der Waals surface area contributed by atoms with Gasteiger partial charge in [0.1, 0.15) is 17.4 Å². The van der Waals surface area contributed by atoms with E-state index in [-0.39, 0.29) is 11.8 Å². The maximum atomic E-state index is 9.65. The van der Waals surface area contributed by atoms with E-state index in [1.807, 2.05) is 17.5 Å². The SMILES string of the molecule is CN1CC2=C(OC(N)=C(C#N)C2c2cccs2)/C(=C/c2cccs2)C1. The summed E-state index contributed by atoms with van der Waals surface area (Å²) in [6.07, 6.45) is 2.16. The Hall–Kier alpha value is -2.33. The molecule has 25 heavy (non-hydrogen) atoms. The van der Waals surface area contributed by atoms with E-state index in [9.17, 15) is 5.26 Å². The molecule has 0 bridgehead atoms. The maximum absolute atomic E-state index is 9.65. The van der Waals surface area contributed by atoms with Crippen molar-refractivity contribution in [2.45, 2.75) is 5.92 Å². The van der Waals surface area contributed by atoms with Crippen LogP contribution in [0.4, 0.5) is 0 Å². The molecule has 0 aliphatic carbocycles. The molecular formula is C19H17N3OS2. The summed E-state index contributed by atoms with van der Waals surface area (Å²) in [6.45, 7) is 1.56. The van der Waals surface area contributed by atoms with Gasteiger partial charge in [-0.15, -0.1) is 22.7 Å². The van der Waals surface area contributed by atoms with E-state index in [1.165, 1.54) is 4.88 Å². The Morgan fingerprint density at radius 2 is 2.08 bits per heavy atom. The average molecular weight is 367 g/mol. The molecule has 0 spiro atoms. The molecule has 0 aromatic carbocycles. The number of nitrogens with zero attached hydrogens (tertiary/aromatic N) is 2. The van der Waals surface area contributed by atoms with Gasteiger partial charge in [0.15, 0.2) is 0 Å². The van der Waals surface area contributed by atoms with E-state index in [0.29, 0.717) is 5.57 Å². The number of rotatable bonds is 2. The smallest absolute Gasteiger partial charge is 0.205 e. The minimum absolute atomic E-state index is 0.122. The van der Waals surface area contributed by atoms with Crippen LogP contribution in [0.25, 0.3) is 6.08 Å². The van der Waals surface area contributed by atoms with E-state index in [0.717, 1.165) is 34.9 Å². The first-order valence-electron chi connectivity index (χ1n) is 7.94. The molecule has 0 saturated heterocycles. The zero-order valence-corrected chi connectivity index (χ0v) is 15.4. The summed E-state index contributed by atoms with van der Waals surface area (Å²) < 4.78 is 5.96. The molecule has 2 aliphatic heterocycles. The third kappa shape index (κ3) is 2.91. The van der Waals surface area contributed by atoms with Gasteiger partial charge in [-0.25, -0.2) is 0 Å². The Morgan fingerprint density at radius 1 is 1.28 bits per heavy atom. The minimum atomic E-state index is -0.122. The summed E-state index contributed by atoms with van der Waals surface area (Å²) >= 11 is 3.34. The first-order chi connectivity index (χ1) is 12.2. The molecular weight excluding hydrogens is 350 g/mol. The molecule has 2 aromatic heterocycles. The van der Waals surface area contributed by atoms with Crippen molar-refractivity contribution in [2.75, 3.05) is 20.1 Å². The minimum Gasteiger partial charge on any atom is -0.440 e. The van der Waals surface area contributed by atoms with Crippen molar-refractivity contribution in [1.29, 1.82) is 5.26 Å². The lowest BCUT2D eigenvalue weighted by molar-refractivity contribution is 0.251. The molecule has 6 heteroatoms. The molecule has 2 N–H and O–H groups in total. The van der Waals surface area contributed by atoms with Crippen molar-refractivity contribution in [1.82, 2.24) is 4.90 Å². The Bertz CT molecular complexity index is 915. The first kappa shape index (κ1) is 16.2. The molecule has 126 valence electrons. The van der Waals surface area contributed by atoms with Crippen molar-refractivity contribution < 1.29 is 4.74 Å². The molecule has 0 amide bonds. The van der Waals surface area contributed by atoms with Crippen molar-refractivity contribution in [3.8, 4) is 6.07 Å². The number of hydrogen-bond acceptors (Lipinski definition) is 6. The molecule has 4 nitrogen and oxygen atoms in total. The lowest BCUT2D eigenvalue weighted by atomic mass is 9.84. The third-order valence-corrected chi connectivity index (χ3v) is 6.14. The normalized spacial score (nSPS) is 22.7. The quantitative estimate of drug-likeness (QED) is 0.874. The molecule has 0 saturated carbocycles. The second kappa shape index (κ2) is 6.52. The highest BCUT2D eigenvalue weighted by molar-refractivity contribution is 7.10. The Labute approximate surface area is 154 Å². The molecule has 4 rings (SSSR count). The van der Waals surface area contributed by atoms with Crippen LogP contribution in [0.1, 0.15) is 15.7 Å². The lowest BCUT2D eigenvalue weighted by Gasteiger charge is -2.36. The zero-order chi connectivity index (χ0) is 17.4. The molecule has 0 radical (unpaired) electrons. The summed E-state index contributed by atoms with van der Waals surface area (Å²) in [5, 5.41) is 13.7. The van der Waals surface area contributed by atoms with Gasteiger partial charge in [-0.05, 0) is 36.0 Å². The highest BCUT2D eigenvalue weighted by atomic mass is 32.1. The number of thiophene rings is 2. The summed E-state index contributed by atoms with van der Waals surface area (Å²) in [4.78, 5) is 4.56. The van der Waals surface area contributed by atoms with E-state index >= 15 is 0 Å². The molecule has 2 aromatic rings. The van der Waals surface area contributed by atoms with Crippen molar-refractivity contribution in [3.63, 3.8) is 0 Å². The number of hydrogen-bond donors (Lipinski definition) is 1. The van der Waals surface area contributed by atoms with Crippen LogP contribution in [-0.2, 0) is 4.74 Å². The molecule has 0 fully saturated rings. The fraction of sp³-hybridized carbons (Fsp3) is 0.211. The summed E-state index contributed by atoms with van der Waals surface area (Å²) in [5.74, 6) is 0.936. The van der Waals surface area contributed by atoms with Gasteiger partial charge in [0.2, 0.25) is 5.88 Å². The van der Waals surface area contributed by atoms with E-state index in [4.69, 9.17) is 10.5 Å². The van der Waals surface area contributed by atoms with Gasteiger partial charge in [0.25, 0.3) is 0 Å². The largest absolute Gasteiger partial charge is 0.440 e. The lowest BCUT2D eigenvalue weighted by Crippen LogP contribution is -2.35. The number of allylic oxidation sites excluding steroid dienone is 1. The predicted octanol–water partition coefficient (Wildman–Crippen LogP) is 3.90.